The second-order valence-corrected chi connectivity index (χ2v) is 4.39. The highest BCUT2D eigenvalue weighted by Crippen LogP contribution is 2.47. The van der Waals surface area contributed by atoms with E-state index >= 15 is 0 Å². The first kappa shape index (κ1) is 17.8. The van der Waals surface area contributed by atoms with E-state index in [0.717, 1.165) is 17.7 Å². The predicted octanol–water partition coefficient (Wildman–Crippen LogP) is 4.16. The van der Waals surface area contributed by atoms with Gasteiger partial charge in [-0.05, 0) is 0 Å². The van der Waals surface area contributed by atoms with Gasteiger partial charge < -0.3 is 5.32 Å². The van der Waals surface area contributed by atoms with Crippen molar-refractivity contribution in [3.05, 3.63) is 22.4 Å². The summed E-state index contributed by atoms with van der Waals surface area (Å²) < 4.78 is 87.2. The summed E-state index contributed by atoms with van der Waals surface area (Å²) in [5, 5.41) is 0.0722. The van der Waals surface area contributed by atoms with Crippen molar-refractivity contribution >= 4 is 34.8 Å². The lowest BCUT2D eigenvalue weighted by molar-refractivity contribution is -0.343. The zero-order chi connectivity index (χ0) is 16.6. The lowest BCUT2D eigenvalue weighted by Crippen LogP contribution is -2.57. The first-order valence-corrected chi connectivity index (χ1v) is 5.50. The molecular formula is C9H3Cl2F7N2O. The van der Waals surface area contributed by atoms with Crippen molar-refractivity contribution in [2.75, 3.05) is 5.32 Å². The van der Waals surface area contributed by atoms with E-state index in [1.807, 2.05) is 0 Å². The minimum absolute atomic E-state index is 0.526. The molecule has 1 N–H and O–H groups in total. The Balaban J connectivity index is 3.14. The second-order valence-electron chi connectivity index (χ2n) is 3.58. The summed E-state index contributed by atoms with van der Waals surface area (Å²) >= 11 is 10.8. The number of carbonyl (C=O) groups is 1. The fourth-order valence-electron chi connectivity index (χ4n) is 1.04. The van der Waals surface area contributed by atoms with E-state index < -0.39 is 39.7 Å². The Morgan fingerprint density at radius 2 is 1.43 bits per heavy atom. The van der Waals surface area contributed by atoms with E-state index in [1.165, 1.54) is 0 Å². The van der Waals surface area contributed by atoms with Gasteiger partial charge in [0.15, 0.2) is 0 Å². The summed E-state index contributed by atoms with van der Waals surface area (Å²) in [5.74, 6) is -15.6. The van der Waals surface area contributed by atoms with Crippen LogP contribution in [0.5, 0.6) is 0 Å². The van der Waals surface area contributed by atoms with E-state index in [2.05, 4.69) is 4.98 Å². The molecule has 0 saturated carbocycles. The normalized spacial score (nSPS) is 13.2. The summed E-state index contributed by atoms with van der Waals surface area (Å²) in [6.07, 6.45) is -5.01. The van der Waals surface area contributed by atoms with Gasteiger partial charge >= 0.3 is 23.9 Å². The number of anilines is 1. The van der Waals surface area contributed by atoms with Gasteiger partial charge in [0, 0.05) is 12.4 Å². The Morgan fingerprint density at radius 3 is 1.81 bits per heavy atom. The largest absolute Gasteiger partial charge is 0.460 e. The fourth-order valence-corrected chi connectivity index (χ4v) is 1.50. The van der Waals surface area contributed by atoms with Gasteiger partial charge in [0.25, 0.3) is 0 Å². The maximum Gasteiger partial charge on any atom is 0.460 e. The number of nitrogens with zero attached hydrogens (tertiary/aromatic N) is 1. The summed E-state index contributed by atoms with van der Waals surface area (Å²) in [4.78, 5) is 14.4. The number of amides is 1. The average Bonchev–Trinajstić information content (AvgIpc) is 2.32. The molecule has 0 saturated heterocycles. The molecule has 21 heavy (non-hydrogen) atoms. The van der Waals surface area contributed by atoms with Crippen LogP contribution in [-0.4, -0.2) is 28.9 Å². The highest BCUT2D eigenvalue weighted by Gasteiger charge is 2.76. The topological polar surface area (TPSA) is 42.0 Å². The van der Waals surface area contributed by atoms with Crippen molar-refractivity contribution in [2.24, 2.45) is 0 Å². The minimum Gasteiger partial charge on any atom is -0.318 e. The number of hydrogen-bond acceptors (Lipinski definition) is 2. The lowest BCUT2D eigenvalue weighted by atomic mass is 10.1. The molecule has 1 rings (SSSR count). The lowest BCUT2D eigenvalue weighted by Gasteiger charge is -2.27. The SMILES string of the molecule is O=C(Nc1c(Cl)cncc1Cl)C(F)(F)C(F)(F)C(F)(F)F. The molecule has 0 unspecified atom stereocenters. The van der Waals surface area contributed by atoms with Crippen molar-refractivity contribution in [2.45, 2.75) is 18.0 Å². The van der Waals surface area contributed by atoms with Crippen LogP contribution in [-0.2, 0) is 4.79 Å². The van der Waals surface area contributed by atoms with Crippen LogP contribution in [0.15, 0.2) is 12.4 Å². The summed E-state index contributed by atoms with van der Waals surface area (Å²) in [5.41, 5.74) is -0.768. The standard InChI is InChI=1S/C9H3Cl2F7N2O/c10-3-1-19-2-4(11)5(3)20-6(21)7(12,13)8(14,15)9(16,17)18/h1-2H,(H,19,20,21). The number of alkyl halides is 7. The minimum atomic E-state index is -6.63. The van der Waals surface area contributed by atoms with Gasteiger partial charge in [0.2, 0.25) is 0 Å². The smallest absolute Gasteiger partial charge is 0.318 e. The van der Waals surface area contributed by atoms with Crippen molar-refractivity contribution < 1.29 is 35.5 Å². The number of halogens is 9. The number of pyridine rings is 1. The fraction of sp³-hybridized carbons (Fsp3) is 0.333. The molecule has 0 aliphatic heterocycles. The van der Waals surface area contributed by atoms with Gasteiger partial charge in [-0.3, -0.25) is 9.78 Å². The van der Waals surface area contributed by atoms with Crippen LogP contribution in [0, 0.1) is 0 Å². The van der Waals surface area contributed by atoms with Gasteiger partial charge in [0.1, 0.15) is 0 Å². The molecule has 0 fully saturated rings. The molecule has 118 valence electrons. The number of carbonyl (C=O) groups excluding carboxylic acids is 1. The molecule has 0 bridgehead atoms. The van der Waals surface area contributed by atoms with Gasteiger partial charge in [-0.15, -0.1) is 0 Å². The van der Waals surface area contributed by atoms with E-state index in [9.17, 15) is 35.5 Å². The first-order valence-electron chi connectivity index (χ1n) is 4.75. The van der Waals surface area contributed by atoms with E-state index in [-0.39, 0.29) is 0 Å². The van der Waals surface area contributed by atoms with Crippen molar-refractivity contribution in [1.82, 2.24) is 4.98 Å². The van der Waals surface area contributed by atoms with Crippen LogP contribution in [0.3, 0.4) is 0 Å². The highest BCUT2D eigenvalue weighted by molar-refractivity contribution is 6.39. The van der Waals surface area contributed by atoms with Gasteiger partial charge in [-0.2, -0.15) is 30.7 Å². The van der Waals surface area contributed by atoms with Crippen LogP contribution in [0.2, 0.25) is 10.0 Å². The molecule has 3 nitrogen and oxygen atoms in total. The van der Waals surface area contributed by atoms with Gasteiger partial charge in [0.05, 0.1) is 15.7 Å². The molecule has 0 aliphatic rings. The maximum absolute atomic E-state index is 13.1. The van der Waals surface area contributed by atoms with E-state index in [0.29, 0.717) is 0 Å². The van der Waals surface area contributed by atoms with E-state index in [1.54, 1.807) is 0 Å². The zero-order valence-electron chi connectivity index (χ0n) is 9.41. The zero-order valence-corrected chi connectivity index (χ0v) is 10.9. The molecule has 0 atom stereocenters. The second kappa shape index (κ2) is 5.48. The molecule has 12 heteroatoms. The van der Waals surface area contributed by atoms with Crippen LogP contribution in [0.25, 0.3) is 0 Å². The van der Waals surface area contributed by atoms with Crippen LogP contribution < -0.4 is 5.32 Å². The third-order valence-corrected chi connectivity index (χ3v) is 2.70. The predicted molar refractivity (Wildman–Crippen MR) is 58.8 cm³/mol. The Labute approximate surface area is 122 Å². The van der Waals surface area contributed by atoms with Crippen LogP contribution in [0.4, 0.5) is 36.4 Å². The Kier molecular flexibility index (Phi) is 4.64. The third-order valence-electron chi connectivity index (χ3n) is 2.13. The average molecular weight is 359 g/mol. The molecule has 0 aliphatic carbocycles. The summed E-state index contributed by atoms with van der Waals surface area (Å²) in [6, 6.07) is 0. The van der Waals surface area contributed by atoms with Crippen LogP contribution in [0.1, 0.15) is 0 Å². The number of rotatable bonds is 3. The first-order chi connectivity index (χ1) is 9.32. The maximum atomic E-state index is 13.1. The summed E-state index contributed by atoms with van der Waals surface area (Å²) in [6.45, 7) is 0. The molecule has 1 heterocycles. The molecule has 1 aromatic rings. The molecule has 0 spiro atoms. The monoisotopic (exact) mass is 358 g/mol. The van der Waals surface area contributed by atoms with Gasteiger partial charge in [-0.1, -0.05) is 23.2 Å². The van der Waals surface area contributed by atoms with Crippen molar-refractivity contribution in [3.8, 4) is 0 Å². The van der Waals surface area contributed by atoms with Crippen molar-refractivity contribution in [1.29, 1.82) is 0 Å². The Hall–Kier alpha value is -1.29. The van der Waals surface area contributed by atoms with Crippen molar-refractivity contribution in [3.63, 3.8) is 0 Å². The number of aromatic nitrogens is 1. The summed E-state index contributed by atoms with van der Waals surface area (Å²) in [7, 11) is 0. The van der Waals surface area contributed by atoms with Crippen LogP contribution >= 0.6 is 23.2 Å². The number of nitrogens with one attached hydrogen (secondary N) is 1. The Bertz CT molecular complexity index is 541. The Morgan fingerprint density at radius 1 is 1.00 bits per heavy atom. The molecule has 0 aromatic carbocycles. The molecule has 1 amide bonds. The third kappa shape index (κ3) is 3.15. The van der Waals surface area contributed by atoms with Gasteiger partial charge in [-0.25, -0.2) is 0 Å². The molecule has 0 radical (unpaired) electrons. The van der Waals surface area contributed by atoms with E-state index in [4.69, 9.17) is 23.2 Å². The quantitative estimate of drug-likeness (QED) is 0.824. The highest BCUT2D eigenvalue weighted by atomic mass is 35.5. The molecule has 1 aromatic heterocycles. The number of hydrogen-bond donors (Lipinski definition) is 1. The molecular weight excluding hydrogens is 356 g/mol.